The Balaban J connectivity index is 1.64. The van der Waals surface area contributed by atoms with Crippen LogP contribution in [0.5, 0.6) is 0 Å². The number of benzene rings is 3. The molecule has 0 radical (unpaired) electrons. The second-order valence-electron chi connectivity index (χ2n) is 7.09. The number of aryl methyl sites for hydroxylation is 2. The van der Waals surface area contributed by atoms with Gasteiger partial charge >= 0.3 is 0 Å². The maximum absolute atomic E-state index is 13.7. The first-order chi connectivity index (χ1) is 14.3. The number of nitrogens with one attached hydrogen (secondary N) is 1. The van der Waals surface area contributed by atoms with Gasteiger partial charge < -0.3 is 9.73 Å². The molecule has 3 aromatic carbocycles. The predicted molar refractivity (Wildman–Crippen MR) is 112 cm³/mol. The van der Waals surface area contributed by atoms with Crippen LogP contribution >= 0.6 is 0 Å². The fourth-order valence-electron chi connectivity index (χ4n) is 3.32. The molecule has 4 rings (SSSR count). The molecule has 1 amide bonds. The van der Waals surface area contributed by atoms with E-state index in [0.717, 1.165) is 29.3 Å². The maximum Gasteiger partial charge on any atom is 0.255 e. The van der Waals surface area contributed by atoms with E-state index in [0.29, 0.717) is 22.3 Å². The Hall–Kier alpha value is -3.80. The van der Waals surface area contributed by atoms with Gasteiger partial charge in [-0.1, -0.05) is 18.2 Å². The summed E-state index contributed by atoms with van der Waals surface area (Å²) >= 11 is 0. The third-order valence-corrected chi connectivity index (χ3v) is 4.77. The molecule has 1 aromatic heterocycles. The van der Waals surface area contributed by atoms with Crippen molar-refractivity contribution in [2.45, 2.75) is 13.8 Å². The Bertz CT molecular complexity index is 1340. The van der Waals surface area contributed by atoms with Gasteiger partial charge in [0.2, 0.25) is 0 Å². The summed E-state index contributed by atoms with van der Waals surface area (Å²) in [6, 6.07) is 14.3. The van der Waals surface area contributed by atoms with Crippen LogP contribution in [0, 0.1) is 25.5 Å². The van der Waals surface area contributed by atoms with Crippen LogP contribution in [0.3, 0.4) is 0 Å². The van der Waals surface area contributed by atoms with E-state index < -0.39 is 17.5 Å². The Kier molecular flexibility index (Phi) is 4.91. The number of amides is 1. The Labute approximate surface area is 170 Å². The van der Waals surface area contributed by atoms with Crippen molar-refractivity contribution in [3.05, 3.63) is 99.2 Å². The highest BCUT2D eigenvalue weighted by atomic mass is 19.1. The molecule has 6 heteroatoms. The van der Waals surface area contributed by atoms with Crippen molar-refractivity contribution in [1.82, 2.24) is 0 Å². The molecule has 0 aliphatic heterocycles. The summed E-state index contributed by atoms with van der Waals surface area (Å²) in [6.45, 7) is 3.79. The van der Waals surface area contributed by atoms with Gasteiger partial charge in [-0.3, -0.25) is 9.59 Å². The first kappa shape index (κ1) is 19.5. The molecule has 0 spiro atoms. The van der Waals surface area contributed by atoms with E-state index in [1.165, 1.54) is 18.2 Å². The van der Waals surface area contributed by atoms with E-state index in [2.05, 4.69) is 5.32 Å². The highest BCUT2D eigenvalue weighted by Gasteiger charge is 2.13. The zero-order valence-electron chi connectivity index (χ0n) is 16.3. The number of anilines is 1. The van der Waals surface area contributed by atoms with Crippen molar-refractivity contribution in [2.24, 2.45) is 0 Å². The summed E-state index contributed by atoms with van der Waals surface area (Å²) in [6.07, 6.45) is 0. The lowest BCUT2D eigenvalue weighted by Gasteiger charge is -2.09. The van der Waals surface area contributed by atoms with Gasteiger partial charge in [0.25, 0.3) is 5.91 Å². The third-order valence-electron chi connectivity index (χ3n) is 4.77. The van der Waals surface area contributed by atoms with Crippen LogP contribution in [0.4, 0.5) is 14.5 Å². The summed E-state index contributed by atoms with van der Waals surface area (Å²) in [4.78, 5) is 24.9. The van der Waals surface area contributed by atoms with Gasteiger partial charge in [0.1, 0.15) is 23.0 Å². The Morgan fingerprint density at radius 1 is 0.933 bits per heavy atom. The summed E-state index contributed by atoms with van der Waals surface area (Å²) in [5.74, 6) is -1.59. The van der Waals surface area contributed by atoms with Crippen molar-refractivity contribution in [2.75, 3.05) is 5.32 Å². The summed E-state index contributed by atoms with van der Waals surface area (Å²) < 4.78 is 33.0. The lowest BCUT2D eigenvalue weighted by atomic mass is 10.1. The van der Waals surface area contributed by atoms with E-state index in [1.54, 1.807) is 18.2 Å². The zero-order valence-corrected chi connectivity index (χ0v) is 16.3. The van der Waals surface area contributed by atoms with Crippen molar-refractivity contribution in [3.8, 4) is 11.3 Å². The van der Waals surface area contributed by atoms with Gasteiger partial charge in [-0.15, -0.1) is 0 Å². The fourth-order valence-corrected chi connectivity index (χ4v) is 3.32. The topological polar surface area (TPSA) is 59.3 Å². The first-order valence-electron chi connectivity index (χ1n) is 9.24. The van der Waals surface area contributed by atoms with Gasteiger partial charge in [-0.05, 0) is 55.3 Å². The minimum absolute atomic E-state index is 0.151. The average Bonchev–Trinajstić information content (AvgIpc) is 2.71. The van der Waals surface area contributed by atoms with Crippen LogP contribution in [0.2, 0.25) is 0 Å². The molecule has 0 saturated carbocycles. The van der Waals surface area contributed by atoms with Crippen LogP contribution in [0.15, 0.2) is 69.9 Å². The van der Waals surface area contributed by atoms with Crippen molar-refractivity contribution in [3.63, 3.8) is 0 Å². The molecule has 0 saturated heterocycles. The van der Waals surface area contributed by atoms with Gasteiger partial charge in [-0.25, -0.2) is 8.78 Å². The van der Waals surface area contributed by atoms with Gasteiger partial charge in [0.05, 0.1) is 11.1 Å². The highest BCUT2D eigenvalue weighted by Crippen LogP contribution is 2.26. The number of fused-ring (bicyclic) bond motifs is 1. The second-order valence-corrected chi connectivity index (χ2v) is 7.09. The number of carbonyl (C=O) groups is 1. The average molecular weight is 405 g/mol. The molecular formula is C24H17F2NO3. The second kappa shape index (κ2) is 7.55. The largest absolute Gasteiger partial charge is 0.456 e. The van der Waals surface area contributed by atoms with Gasteiger partial charge in [0, 0.05) is 23.3 Å². The summed E-state index contributed by atoms with van der Waals surface area (Å²) in [5.41, 5.74) is 2.82. The molecule has 0 aliphatic carbocycles. The van der Waals surface area contributed by atoms with Crippen molar-refractivity contribution >= 4 is 22.6 Å². The molecular weight excluding hydrogens is 388 g/mol. The number of hydrogen-bond acceptors (Lipinski definition) is 3. The number of carbonyl (C=O) groups excluding carboxylic acids is 1. The minimum Gasteiger partial charge on any atom is -0.456 e. The molecule has 4 nitrogen and oxygen atoms in total. The molecule has 0 aliphatic rings. The smallest absolute Gasteiger partial charge is 0.255 e. The maximum atomic E-state index is 13.7. The van der Waals surface area contributed by atoms with Crippen LogP contribution in [0.1, 0.15) is 21.5 Å². The summed E-state index contributed by atoms with van der Waals surface area (Å²) in [7, 11) is 0. The number of halogens is 2. The SMILES string of the molecule is Cc1cc(C)c2oc(-c3ccc(C(=O)Nc4cc(F)ccc4F)cc3)cc(=O)c2c1. The molecule has 30 heavy (non-hydrogen) atoms. The van der Waals surface area contributed by atoms with E-state index in [4.69, 9.17) is 4.42 Å². The normalized spacial score (nSPS) is 10.9. The quantitative estimate of drug-likeness (QED) is 0.482. The van der Waals surface area contributed by atoms with Crippen molar-refractivity contribution < 1.29 is 18.0 Å². The Morgan fingerprint density at radius 2 is 1.67 bits per heavy atom. The van der Waals surface area contributed by atoms with Crippen LogP contribution in [-0.4, -0.2) is 5.91 Å². The van der Waals surface area contributed by atoms with Crippen LogP contribution in [0.25, 0.3) is 22.3 Å². The van der Waals surface area contributed by atoms with E-state index >= 15 is 0 Å². The van der Waals surface area contributed by atoms with Crippen molar-refractivity contribution in [1.29, 1.82) is 0 Å². The fraction of sp³-hybridized carbons (Fsp3) is 0.0833. The van der Waals surface area contributed by atoms with Gasteiger partial charge in [-0.2, -0.15) is 0 Å². The molecule has 1 heterocycles. The minimum atomic E-state index is -0.732. The zero-order chi connectivity index (χ0) is 21.4. The van der Waals surface area contributed by atoms with Crippen LogP contribution in [-0.2, 0) is 0 Å². The molecule has 150 valence electrons. The lowest BCUT2D eigenvalue weighted by Crippen LogP contribution is -2.13. The lowest BCUT2D eigenvalue weighted by molar-refractivity contribution is 0.102. The Morgan fingerprint density at radius 3 is 2.40 bits per heavy atom. The van der Waals surface area contributed by atoms with Crippen LogP contribution < -0.4 is 10.7 Å². The van der Waals surface area contributed by atoms with E-state index in [1.807, 2.05) is 19.9 Å². The van der Waals surface area contributed by atoms with E-state index in [9.17, 15) is 18.4 Å². The monoisotopic (exact) mass is 405 g/mol. The molecule has 4 aromatic rings. The molecule has 0 bridgehead atoms. The number of hydrogen-bond donors (Lipinski definition) is 1. The highest BCUT2D eigenvalue weighted by molar-refractivity contribution is 6.04. The first-order valence-corrected chi connectivity index (χ1v) is 9.24. The molecule has 1 N–H and O–H groups in total. The van der Waals surface area contributed by atoms with Gasteiger partial charge in [0.15, 0.2) is 5.43 Å². The summed E-state index contributed by atoms with van der Waals surface area (Å²) in [5, 5.41) is 2.86. The molecule has 0 unspecified atom stereocenters. The standard InChI is InChI=1S/C24H17F2NO3/c1-13-9-14(2)23-18(10-13)21(28)12-22(30-23)15-3-5-16(6-4-15)24(29)27-20-11-17(25)7-8-19(20)26/h3-12H,1-2H3,(H,27,29). The molecule has 0 atom stereocenters. The van der Waals surface area contributed by atoms with E-state index in [-0.39, 0.29) is 16.7 Å². The third kappa shape index (κ3) is 3.72. The predicted octanol–water partition coefficient (Wildman–Crippen LogP) is 5.61. The molecule has 0 fully saturated rings. The number of rotatable bonds is 3.